The van der Waals surface area contributed by atoms with Crippen molar-refractivity contribution in [3.63, 3.8) is 0 Å². The lowest BCUT2D eigenvalue weighted by Crippen LogP contribution is -2.22. The Labute approximate surface area is 182 Å². The van der Waals surface area contributed by atoms with Gasteiger partial charge < -0.3 is 15.2 Å². The molecule has 1 aliphatic rings. The van der Waals surface area contributed by atoms with Gasteiger partial charge in [0.1, 0.15) is 5.82 Å². The Morgan fingerprint density at radius 2 is 1.97 bits per heavy atom. The van der Waals surface area contributed by atoms with Crippen molar-refractivity contribution in [2.45, 2.75) is 19.5 Å². The van der Waals surface area contributed by atoms with Crippen molar-refractivity contribution in [3.8, 4) is 11.4 Å². The third kappa shape index (κ3) is 3.64. The summed E-state index contributed by atoms with van der Waals surface area (Å²) in [6.45, 7) is 0.958. The highest BCUT2D eigenvalue weighted by molar-refractivity contribution is 6.04. The SMILES string of the molecule is O=C(NCc1ccccn1)c1cc2n(c1)CCc1c(NC(=O)c3ccccc3F)n[nH]c1-2. The molecule has 8 nitrogen and oxygen atoms in total. The fourth-order valence-corrected chi connectivity index (χ4v) is 3.78. The summed E-state index contributed by atoms with van der Waals surface area (Å²) >= 11 is 0. The lowest BCUT2D eigenvalue weighted by atomic mass is 10.1. The summed E-state index contributed by atoms with van der Waals surface area (Å²) in [5.74, 6) is -0.994. The Morgan fingerprint density at radius 1 is 1.12 bits per heavy atom. The number of halogens is 1. The van der Waals surface area contributed by atoms with E-state index in [0.717, 1.165) is 22.6 Å². The number of hydrogen-bond donors (Lipinski definition) is 3. The smallest absolute Gasteiger partial charge is 0.259 e. The van der Waals surface area contributed by atoms with Gasteiger partial charge in [0, 0.05) is 24.5 Å². The van der Waals surface area contributed by atoms with Crippen LogP contribution in [-0.4, -0.2) is 31.6 Å². The highest BCUT2D eigenvalue weighted by Gasteiger charge is 2.25. The number of pyridine rings is 1. The van der Waals surface area contributed by atoms with Crippen molar-refractivity contribution in [1.29, 1.82) is 0 Å². The van der Waals surface area contributed by atoms with Crippen molar-refractivity contribution in [1.82, 2.24) is 25.1 Å². The first-order chi connectivity index (χ1) is 15.6. The molecule has 0 spiro atoms. The van der Waals surface area contributed by atoms with Crippen LogP contribution in [-0.2, 0) is 19.5 Å². The number of aryl methyl sites for hydroxylation is 1. The molecular weight excluding hydrogens is 411 g/mol. The van der Waals surface area contributed by atoms with Gasteiger partial charge in [-0.3, -0.25) is 19.7 Å². The number of carbonyl (C=O) groups excluding carboxylic acids is 2. The number of nitrogens with one attached hydrogen (secondary N) is 3. The predicted molar refractivity (Wildman–Crippen MR) is 115 cm³/mol. The number of fused-ring (bicyclic) bond motifs is 3. The third-order valence-electron chi connectivity index (χ3n) is 5.39. The minimum atomic E-state index is -0.593. The lowest BCUT2D eigenvalue weighted by molar-refractivity contribution is 0.0949. The first-order valence-electron chi connectivity index (χ1n) is 10.1. The second kappa shape index (κ2) is 8.10. The largest absolute Gasteiger partial charge is 0.346 e. The highest BCUT2D eigenvalue weighted by atomic mass is 19.1. The van der Waals surface area contributed by atoms with E-state index in [9.17, 15) is 14.0 Å². The normalized spacial score (nSPS) is 12.0. The van der Waals surface area contributed by atoms with Gasteiger partial charge in [-0.2, -0.15) is 5.10 Å². The van der Waals surface area contributed by atoms with Gasteiger partial charge in [0.05, 0.1) is 34.8 Å². The molecule has 0 radical (unpaired) electrons. The minimum absolute atomic E-state index is 0.0460. The predicted octanol–water partition coefficient (Wildman–Crippen LogP) is 3.15. The lowest BCUT2D eigenvalue weighted by Gasteiger charge is -2.16. The highest BCUT2D eigenvalue weighted by Crippen LogP contribution is 2.33. The molecule has 3 N–H and O–H groups in total. The second-order valence-corrected chi connectivity index (χ2v) is 7.42. The Kier molecular flexibility index (Phi) is 4.98. The number of H-pyrrole nitrogens is 1. The molecule has 1 aliphatic heterocycles. The molecule has 0 aliphatic carbocycles. The standard InChI is InChI=1S/C23H19FN6O2/c24-18-7-2-1-6-16(18)23(32)27-21-17-8-10-30-13-14(11-19(30)20(17)28-29-21)22(31)26-12-15-5-3-4-9-25-15/h1-7,9,11,13H,8,10,12H2,(H,26,31)(H2,27,28,29,32). The minimum Gasteiger partial charge on any atom is -0.346 e. The summed E-state index contributed by atoms with van der Waals surface area (Å²) in [6, 6.07) is 13.1. The van der Waals surface area contributed by atoms with Gasteiger partial charge in [-0.15, -0.1) is 0 Å². The molecule has 0 fully saturated rings. The van der Waals surface area contributed by atoms with Crippen LogP contribution in [0.3, 0.4) is 0 Å². The second-order valence-electron chi connectivity index (χ2n) is 7.42. The average molecular weight is 430 g/mol. The molecule has 32 heavy (non-hydrogen) atoms. The molecule has 4 heterocycles. The summed E-state index contributed by atoms with van der Waals surface area (Å²) in [5.41, 5.74) is 3.60. The van der Waals surface area contributed by atoms with E-state index in [-0.39, 0.29) is 11.5 Å². The molecular formula is C23H19FN6O2. The third-order valence-corrected chi connectivity index (χ3v) is 5.39. The van der Waals surface area contributed by atoms with Gasteiger partial charge in [-0.25, -0.2) is 4.39 Å². The van der Waals surface area contributed by atoms with Gasteiger partial charge in [0.25, 0.3) is 11.8 Å². The van der Waals surface area contributed by atoms with Gasteiger partial charge in [0.2, 0.25) is 0 Å². The molecule has 9 heteroatoms. The fraction of sp³-hybridized carbons (Fsp3) is 0.130. The van der Waals surface area contributed by atoms with E-state index in [1.54, 1.807) is 24.5 Å². The van der Waals surface area contributed by atoms with E-state index >= 15 is 0 Å². The van der Waals surface area contributed by atoms with E-state index in [1.807, 2.05) is 22.8 Å². The summed E-state index contributed by atoms with van der Waals surface area (Å²) in [5, 5.41) is 12.7. The molecule has 1 aromatic carbocycles. The molecule has 160 valence electrons. The number of nitrogens with zero attached hydrogens (tertiary/aromatic N) is 3. The van der Waals surface area contributed by atoms with Gasteiger partial charge in [0.15, 0.2) is 5.82 Å². The maximum atomic E-state index is 13.9. The molecule has 0 bridgehead atoms. The van der Waals surface area contributed by atoms with Gasteiger partial charge in [-0.1, -0.05) is 18.2 Å². The number of anilines is 1. The Balaban J connectivity index is 1.34. The zero-order valence-electron chi connectivity index (χ0n) is 16.9. The van der Waals surface area contributed by atoms with Crippen molar-refractivity contribution < 1.29 is 14.0 Å². The van der Waals surface area contributed by atoms with E-state index in [4.69, 9.17) is 0 Å². The monoisotopic (exact) mass is 430 g/mol. The topological polar surface area (TPSA) is 105 Å². The molecule has 0 unspecified atom stereocenters. The van der Waals surface area contributed by atoms with Crippen LogP contribution in [0.25, 0.3) is 11.4 Å². The van der Waals surface area contributed by atoms with E-state index in [0.29, 0.717) is 30.9 Å². The molecule has 4 aromatic rings. The first-order valence-corrected chi connectivity index (χ1v) is 10.1. The summed E-state index contributed by atoms with van der Waals surface area (Å²) in [6.07, 6.45) is 4.08. The maximum Gasteiger partial charge on any atom is 0.259 e. The Bertz CT molecular complexity index is 1310. The van der Waals surface area contributed by atoms with Crippen LogP contribution < -0.4 is 10.6 Å². The van der Waals surface area contributed by atoms with Crippen molar-refractivity contribution in [2.75, 3.05) is 5.32 Å². The molecule has 3 aromatic heterocycles. The van der Waals surface area contributed by atoms with Gasteiger partial charge in [-0.05, 0) is 36.8 Å². The van der Waals surface area contributed by atoms with Crippen LogP contribution in [0.5, 0.6) is 0 Å². The Morgan fingerprint density at radius 3 is 2.78 bits per heavy atom. The van der Waals surface area contributed by atoms with Crippen LogP contribution in [0.15, 0.2) is 60.9 Å². The van der Waals surface area contributed by atoms with Crippen molar-refractivity contribution in [2.24, 2.45) is 0 Å². The average Bonchev–Trinajstić information content (AvgIpc) is 3.42. The number of carbonyl (C=O) groups is 2. The Hall–Kier alpha value is -4.27. The quantitative estimate of drug-likeness (QED) is 0.452. The van der Waals surface area contributed by atoms with E-state index in [1.165, 1.54) is 18.2 Å². The van der Waals surface area contributed by atoms with E-state index in [2.05, 4.69) is 25.8 Å². The number of rotatable bonds is 5. The maximum absolute atomic E-state index is 13.9. The number of aromatic nitrogens is 4. The van der Waals surface area contributed by atoms with Crippen LogP contribution in [0.2, 0.25) is 0 Å². The number of aromatic amines is 1. The van der Waals surface area contributed by atoms with Crippen LogP contribution >= 0.6 is 0 Å². The van der Waals surface area contributed by atoms with Crippen LogP contribution in [0.4, 0.5) is 10.2 Å². The molecule has 2 amide bonds. The van der Waals surface area contributed by atoms with Crippen molar-refractivity contribution in [3.05, 3.63) is 89.1 Å². The molecule has 0 atom stereocenters. The van der Waals surface area contributed by atoms with Crippen LogP contribution in [0.1, 0.15) is 32.0 Å². The number of hydrogen-bond acceptors (Lipinski definition) is 4. The molecule has 5 rings (SSSR count). The van der Waals surface area contributed by atoms with E-state index < -0.39 is 11.7 Å². The molecule has 0 saturated carbocycles. The summed E-state index contributed by atoms with van der Waals surface area (Å²) in [4.78, 5) is 29.3. The summed E-state index contributed by atoms with van der Waals surface area (Å²) < 4.78 is 15.9. The number of amides is 2. The number of benzene rings is 1. The van der Waals surface area contributed by atoms with Crippen LogP contribution in [0, 0.1) is 5.82 Å². The van der Waals surface area contributed by atoms with Gasteiger partial charge >= 0.3 is 0 Å². The zero-order valence-corrected chi connectivity index (χ0v) is 16.9. The fourth-order valence-electron chi connectivity index (χ4n) is 3.78. The summed E-state index contributed by atoms with van der Waals surface area (Å²) in [7, 11) is 0. The van der Waals surface area contributed by atoms with Crippen molar-refractivity contribution >= 4 is 17.6 Å². The first kappa shape index (κ1) is 19.7. The molecule has 0 saturated heterocycles. The zero-order chi connectivity index (χ0) is 22.1.